The van der Waals surface area contributed by atoms with Crippen molar-refractivity contribution in [2.45, 2.75) is 19.8 Å². The Hall–Kier alpha value is -3.65. The molecule has 7 nitrogen and oxygen atoms in total. The Labute approximate surface area is 185 Å². The number of unbranched alkanes of at least 4 members (excludes halogenated alkanes) is 1. The molecule has 0 saturated heterocycles. The maximum Gasteiger partial charge on any atom is 0.291 e. The SMILES string of the molecule is CCCCOc1ccc(C(=O)NC(=S)Nc2cccc(NC(=O)c3ccco3)c2)cc1. The highest BCUT2D eigenvalue weighted by molar-refractivity contribution is 7.80. The molecule has 0 aliphatic rings. The topological polar surface area (TPSA) is 92.6 Å². The van der Waals surface area contributed by atoms with E-state index in [1.807, 2.05) is 0 Å². The molecular formula is C23H23N3O4S. The smallest absolute Gasteiger partial charge is 0.291 e. The van der Waals surface area contributed by atoms with Crippen LogP contribution < -0.4 is 20.7 Å². The van der Waals surface area contributed by atoms with Gasteiger partial charge in [-0.15, -0.1) is 0 Å². The zero-order valence-electron chi connectivity index (χ0n) is 17.0. The van der Waals surface area contributed by atoms with Crippen molar-refractivity contribution in [3.05, 3.63) is 78.3 Å². The van der Waals surface area contributed by atoms with E-state index in [9.17, 15) is 9.59 Å². The van der Waals surface area contributed by atoms with Gasteiger partial charge < -0.3 is 19.8 Å². The number of carbonyl (C=O) groups is 2. The Morgan fingerprint density at radius 3 is 2.39 bits per heavy atom. The second-order valence-electron chi connectivity index (χ2n) is 6.65. The zero-order valence-corrected chi connectivity index (χ0v) is 17.8. The summed E-state index contributed by atoms with van der Waals surface area (Å²) >= 11 is 5.23. The van der Waals surface area contributed by atoms with E-state index in [1.54, 1.807) is 60.7 Å². The van der Waals surface area contributed by atoms with Gasteiger partial charge >= 0.3 is 0 Å². The van der Waals surface area contributed by atoms with E-state index in [0.29, 0.717) is 23.5 Å². The van der Waals surface area contributed by atoms with Gasteiger partial charge in [0.1, 0.15) is 5.75 Å². The van der Waals surface area contributed by atoms with E-state index in [-0.39, 0.29) is 22.7 Å². The van der Waals surface area contributed by atoms with Crippen LogP contribution in [0.25, 0.3) is 0 Å². The Balaban J connectivity index is 1.53. The number of benzene rings is 2. The van der Waals surface area contributed by atoms with Crippen molar-refractivity contribution in [2.75, 3.05) is 17.2 Å². The molecule has 31 heavy (non-hydrogen) atoms. The molecule has 3 N–H and O–H groups in total. The minimum atomic E-state index is -0.361. The Morgan fingerprint density at radius 2 is 1.71 bits per heavy atom. The number of hydrogen-bond donors (Lipinski definition) is 3. The van der Waals surface area contributed by atoms with Crippen molar-refractivity contribution in [3.63, 3.8) is 0 Å². The van der Waals surface area contributed by atoms with Gasteiger partial charge in [0.05, 0.1) is 12.9 Å². The lowest BCUT2D eigenvalue weighted by Crippen LogP contribution is -2.34. The van der Waals surface area contributed by atoms with Gasteiger partial charge in [0.15, 0.2) is 10.9 Å². The molecule has 0 atom stereocenters. The Bertz CT molecular complexity index is 1030. The van der Waals surface area contributed by atoms with Crippen LogP contribution >= 0.6 is 12.2 Å². The lowest BCUT2D eigenvalue weighted by atomic mass is 10.2. The molecule has 8 heteroatoms. The van der Waals surface area contributed by atoms with E-state index in [1.165, 1.54) is 6.26 Å². The first-order valence-electron chi connectivity index (χ1n) is 9.85. The molecule has 0 aliphatic carbocycles. The highest BCUT2D eigenvalue weighted by atomic mass is 32.1. The van der Waals surface area contributed by atoms with Gasteiger partial charge in [-0.1, -0.05) is 19.4 Å². The third kappa shape index (κ3) is 6.68. The van der Waals surface area contributed by atoms with Gasteiger partial charge in [0.25, 0.3) is 11.8 Å². The monoisotopic (exact) mass is 437 g/mol. The van der Waals surface area contributed by atoms with Crippen LogP contribution in [-0.2, 0) is 0 Å². The average Bonchev–Trinajstić information content (AvgIpc) is 3.30. The number of carbonyl (C=O) groups excluding carboxylic acids is 2. The largest absolute Gasteiger partial charge is 0.494 e. The van der Waals surface area contributed by atoms with Crippen LogP contribution in [-0.4, -0.2) is 23.5 Å². The Kier molecular flexibility index (Phi) is 7.78. The molecule has 1 heterocycles. The van der Waals surface area contributed by atoms with Crippen LogP contribution in [0, 0.1) is 0 Å². The summed E-state index contributed by atoms with van der Waals surface area (Å²) in [6.45, 7) is 2.75. The van der Waals surface area contributed by atoms with Crippen LogP contribution in [0.2, 0.25) is 0 Å². The fourth-order valence-corrected chi connectivity index (χ4v) is 2.86. The number of thiocarbonyl (C=S) groups is 1. The van der Waals surface area contributed by atoms with Gasteiger partial charge in [0, 0.05) is 16.9 Å². The van der Waals surface area contributed by atoms with Gasteiger partial charge in [-0.3, -0.25) is 14.9 Å². The minimum absolute atomic E-state index is 0.141. The zero-order chi connectivity index (χ0) is 22.1. The molecule has 2 amide bonds. The molecule has 1 aromatic heterocycles. The summed E-state index contributed by atoms with van der Waals surface area (Å²) in [6.07, 6.45) is 3.47. The Morgan fingerprint density at radius 1 is 0.968 bits per heavy atom. The molecule has 0 unspecified atom stereocenters. The number of furan rings is 1. The fourth-order valence-electron chi connectivity index (χ4n) is 2.65. The number of nitrogens with one attached hydrogen (secondary N) is 3. The van der Waals surface area contributed by atoms with Gasteiger partial charge in [-0.2, -0.15) is 0 Å². The number of rotatable bonds is 8. The molecule has 0 aliphatic heterocycles. The number of amides is 2. The van der Waals surface area contributed by atoms with E-state index < -0.39 is 0 Å². The summed E-state index contributed by atoms with van der Waals surface area (Å²) in [6, 6.07) is 17.0. The fraction of sp³-hybridized carbons (Fsp3) is 0.174. The van der Waals surface area contributed by atoms with Crippen molar-refractivity contribution in [1.29, 1.82) is 0 Å². The quantitative estimate of drug-likeness (QED) is 0.345. The van der Waals surface area contributed by atoms with Gasteiger partial charge in [-0.25, -0.2) is 0 Å². The van der Waals surface area contributed by atoms with Gasteiger partial charge in [-0.05, 0) is 73.2 Å². The minimum Gasteiger partial charge on any atom is -0.494 e. The van der Waals surface area contributed by atoms with E-state index in [4.69, 9.17) is 21.4 Å². The van der Waals surface area contributed by atoms with E-state index in [0.717, 1.165) is 18.6 Å². The summed E-state index contributed by atoms with van der Waals surface area (Å²) in [5.74, 6) is 0.238. The highest BCUT2D eigenvalue weighted by Crippen LogP contribution is 2.17. The first-order chi connectivity index (χ1) is 15.0. The highest BCUT2D eigenvalue weighted by Gasteiger charge is 2.11. The van der Waals surface area contributed by atoms with E-state index >= 15 is 0 Å². The molecular weight excluding hydrogens is 414 g/mol. The number of anilines is 2. The van der Waals surface area contributed by atoms with Crippen LogP contribution in [0.3, 0.4) is 0 Å². The van der Waals surface area contributed by atoms with Crippen molar-refractivity contribution in [3.8, 4) is 5.75 Å². The normalized spacial score (nSPS) is 10.2. The van der Waals surface area contributed by atoms with Crippen molar-refractivity contribution in [1.82, 2.24) is 5.32 Å². The first kappa shape index (κ1) is 22.0. The molecule has 0 fully saturated rings. The molecule has 0 saturated carbocycles. The van der Waals surface area contributed by atoms with Crippen molar-refractivity contribution in [2.24, 2.45) is 0 Å². The second kappa shape index (κ2) is 10.9. The predicted molar refractivity (Wildman–Crippen MR) is 124 cm³/mol. The van der Waals surface area contributed by atoms with Crippen LogP contribution in [0.1, 0.15) is 40.7 Å². The lowest BCUT2D eigenvalue weighted by molar-refractivity contribution is 0.0975. The third-order valence-corrected chi connectivity index (χ3v) is 4.44. The number of hydrogen-bond acceptors (Lipinski definition) is 5. The molecule has 3 rings (SSSR count). The summed E-state index contributed by atoms with van der Waals surface area (Å²) in [7, 11) is 0. The average molecular weight is 438 g/mol. The summed E-state index contributed by atoms with van der Waals surface area (Å²) in [5.41, 5.74) is 1.63. The number of ether oxygens (including phenoxy) is 1. The summed E-state index contributed by atoms with van der Waals surface area (Å²) in [4.78, 5) is 24.5. The molecule has 0 radical (unpaired) electrons. The molecule has 0 bridgehead atoms. The summed E-state index contributed by atoms with van der Waals surface area (Å²) in [5, 5.41) is 8.45. The van der Waals surface area contributed by atoms with Crippen LogP contribution in [0.15, 0.2) is 71.3 Å². The molecule has 0 spiro atoms. The second-order valence-corrected chi connectivity index (χ2v) is 7.06. The molecule has 160 valence electrons. The van der Waals surface area contributed by atoms with Crippen LogP contribution in [0.5, 0.6) is 5.75 Å². The van der Waals surface area contributed by atoms with Crippen LogP contribution in [0.4, 0.5) is 11.4 Å². The van der Waals surface area contributed by atoms with Crippen molar-refractivity contribution < 1.29 is 18.7 Å². The molecule has 3 aromatic rings. The molecule has 2 aromatic carbocycles. The maximum atomic E-state index is 12.4. The maximum absolute atomic E-state index is 12.4. The first-order valence-corrected chi connectivity index (χ1v) is 10.3. The standard InChI is InChI=1S/C23H23N3O4S/c1-2-3-13-29-19-11-9-16(10-12-19)21(27)26-23(31)25-18-7-4-6-17(15-18)24-22(28)20-8-5-14-30-20/h4-12,14-15H,2-3,13H2,1H3,(H,24,28)(H2,25,26,27,31). The third-order valence-electron chi connectivity index (χ3n) is 4.23. The predicted octanol–water partition coefficient (Wildman–Crippen LogP) is 4.84. The van der Waals surface area contributed by atoms with E-state index in [2.05, 4.69) is 22.9 Å². The lowest BCUT2D eigenvalue weighted by Gasteiger charge is -2.11. The van der Waals surface area contributed by atoms with Crippen molar-refractivity contribution >= 4 is 40.5 Å². The summed E-state index contributed by atoms with van der Waals surface area (Å²) < 4.78 is 10.7. The van der Waals surface area contributed by atoms with Gasteiger partial charge in [0.2, 0.25) is 0 Å².